The number of benzene rings is 1. The molecule has 5 rings (SSSR count). The molecule has 1 aliphatic heterocycles. The van der Waals surface area contributed by atoms with Gasteiger partial charge in [0.05, 0.1) is 17.6 Å². The van der Waals surface area contributed by atoms with Crippen LogP contribution in [0.3, 0.4) is 0 Å². The molecule has 1 atom stereocenters. The van der Waals surface area contributed by atoms with E-state index in [1.165, 1.54) is 28.9 Å². The minimum Gasteiger partial charge on any atom is -0.481 e. The Labute approximate surface area is 191 Å². The third-order valence-corrected chi connectivity index (χ3v) is 6.33. The maximum Gasteiger partial charge on any atom is 0.264 e. The molecule has 33 heavy (non-hydrogen) atoms. The molecule has 1 unspecified atom stereocenters. The van der Waals surface area contributed by atoms with Gasteiger partial charge in [-0.15, -0.1) is 10.2 Å². The first-order valence-corrected chi connectivity index (χ1v) is 10.8. The first-order chi connectivity index (χ1) is 16.0. The summed E-state index contributed by atoms with van der Waals surface area (Å²) in [5, 5.41) is 17.0. The highest BCUT2D eigenvalue weighted by molar-refractivity contribution is 7.99. The number of aliphatic imine (C=N–C) groups is 1. The minimum absolute atomic E-state index is 0.0356. The van der Waals surface area contributed by atoms with Crippen LogP contribution in [-0.4, -0.2) is 58.6 Å². The predicted octanol–water partition coefficient (Wildman–Crippen LogP) is 3.36. The van der Waals surface area contributed by atoms with Gasteiger partial charge in [0.2, 0.25) is 5.16 Å². The van der Waals surface area contributed by atoms with Gasteiger partial charge in [0.15, 0.2) is 23.8 Å². The Morgan fingerprint density at radius 3 is 2.97 bits per heavy atom. The van der Waals surface area contributed by atoms with E-state index in [0.29, 0.717) is 22.2 Å². The van der Waals surface area contributed by atoms with Crippen molar-refractivity contribution >= 4 is 52.3 Å². The van der Waals surface area contributed by atoms with E-state index in [0.717, 1.165) is 15.8 Å². The minimum atomic E-state index is -0.527. The number of hydrogen-bond acceptors (Lipinski definition) is 8. The van der Waals surface area contributed by atoms with Gasteiger partial charge in [-0.1, -0.05) is 0 Å². The van der Waals surface area contributed by atoms with Crippen LogP contribution in [0.4, 0.5) is 10.1 Å². The van der Waals surface area contributed by atoms with Gasteiger partial charge < -0.3 is 15.0 Å². The summed E-state index contributed by atoms with van der Waals surface area (Å²) >= 11 is 1.31. The molecule has 1 amide bonds. The molecule has 0 fully saturated rings. The van der Waals surface area contributed by atoms with E-state index in [9.17, 15) is 9.18 Å². The summed E-state index contributed by atoms with van der Waals surface area (Å²) in [6.45, 7) is -0.0356. The lowest BCUT2D eigenvalue weighted by atomic mass is 10.0. The number of ether oxygens (including phenoxy) is 1. The maximum absolute atomic E-state index is 14.7. The zero-order valence-electron chi connectivity index (χ0n) is 17.7. The van der Waals surface area contributed by atoms with Gasteiger partial charge >= 0.3 is 0 Å². The summed E-state index contributed by atoms with van der Waals surface area (Å²) < 4.78 is 22.0. The zero-order chi connectivity index (χ0) is 23.1. The summed E-state index contributed by atoms with van der Waals surface area (Å²) in [5.41, 5.74) is 2.01. The summed E-state index contributed by atoms with van der Waals surface area (Å²) in [4.78, 5) is 22.7. The summed E-state index contributed by atoms with van der Waals surface area (Å²) in [6, 6.07) is 6.99. The lowest BCUT2D eigenvalue weighted by Gasteiger charge is -2.26. The normalized spacial score (nSPS) is 14.6. The number of likely N-dealkylation sites (N-methyl/N-ethyl adjacent to an activating group) is 1. The van der Waals surface area contributed by atoms with Crippen LogP contribution in [0.25, 0.3) is 16.6 Å². The lowest BCUT2D eigenvalue weighted by molar-refractivity contribution is -0.120. The van der Waals surface area contributed by atoms with Crippen LogP contribution in [0.15, 0.2) is 51.7 Å². The Kier molecular flexibility index (Phi) is 5.25. The molecule has 0 spiro atoms. The van der Waals surface area contributed by atoms with Crippen molar-refractivity contribution < 1.29 is 13.9 Å². The second kappa shape index (κ2) is 8.24. The number of rotatable bonds is 5. The highest BCUT2D eigenvalue weighted by Crippen LogP contribution is 2.39. The number of anilines is 1. The standard InChI is InChI=1S/C22H18FN7O2S/c1-25-8-13(7-24)12-5-16(23)21-27-28-22(30(21)10-12)33-14-3-4-17-15(6-14)20-18(9-26-17)29(2)19(31)11-32-20/h3-10,13,24H,11H2,1-2H3. The molecule has 0 saturated heterocycles. The van der Waals surface area contributed by atoms with Gasteiger partial charge in [0, 0.05) is 43.0 Å². The van der Waals surface area contributed by atoms with Crippen LogP contribution in [-0.2, 0) is 4.79 Å². The smallest absolute Gasteiger partial charge is 0.264 e. The first kappa shape index (κ1) is 21.0. The highest BCUT2D eigenvalue weighted by Gasteiger charge is 2.25. The molecule has 9 nitrogen and oxygen atoms in total. The largest absolute Gasteiger partial charge is 0.481 e. The number of aromatic nitrogens is 4. The van der Waals surface area contributed by atoms with E-state index in [1.807, 2.05) is 18.2 Å². The summed E-state index contributed by atoms with van der Waals surface area (Å²) in [7, 11) is 3.30. The number of carbonyl (C=O) groups is 1. The second-order valence-corrected chi connectivity index (χ2v) is 8.43. The molecule has 166 valence electrons. The van der Waals surface area contributed by atoms with E-state index in [-0.39, 0.29) is 18.2 Å². The monoisotopic (exact) mass is 463 g/mol. The van der Waals surface area contributed by atoms with Crippen molar-refractivity contribution in [3.63, 3.8) is 0 Å². The van der Waals surface area contributed by atoms with Crippen LogP contribution in [0.1, 0.15) is 11.5 Å². The Morgan fingerprint density at radius 2 is 2.18 bits per heavy atom. The molecule has 0 aliphatic carbocycles. The SMILES string of the molecule is CN=CC(C=N)c1cc(F)c2nnc(Sc3ccc4ncc5c(c4c3)OCC(=O)N5C)n2c1. The van der Waals surface area contributed by atoms with E-state index >= 15 is 0 Å². The zero-order valence-corrected chi connectivity index (χ0v) is 18.5. The van der Waals surface area contributed by atoms with Crippen molar-refractivity contribution in [2.24, 2.45) is 4.99 Å². The number of nitrogens with one attached hydrogen (secondary N) is 1. The van der Waals surface area contributed by atoms with Crippen LogP contribution in [0.5, 0.6) is 5.75 Å². The Morgan fingerprint density at radius 1 is 1.33 bits per heavy atom. The first-order valence-electron chi connectivity index (χ1n) is 9.97. The molecule has 0 saturated carbocycles. The molecule has 0 radical (unpaired) electrons. The van der Waals surface area contributed by atoms with Crippen molar-refractivity contribution in [2.45, 2.75) is 16.0 Å². The van der Waals surface area contributed by atoms with Crippen molar-refractivity contribution in [3.05, 3.63) is 48.0 Å². The van der Waals surface area contributed by atoms with Crippen LogP contribution in [0.2, 0.25) is 0 Å². The maximum atomic E-state index is 14.7. The number of amides is 1. The Bertz CT molecular complexity index is 1450. The average Bonchev–Trinajstić information content (AvgIpc) is 3.22. The molecule has 4 aromatic rings. The highest BCUT2D eigenvalue weighted by atomic mass is 32.2. The van der Waals surface area contributed by atoms with E-state index in [1.54, 1.807) is 37.1 Å². The number of halogens is 1. The molecule has 0 bridgehead atoms. The Balaban J connectivity index is 1.57. The third-order valence-electron chi connectivity index (χ3n) is 5.38. The number of carbonyl (C=O) groups excluding carboxylic acids is 1. The topological polar surface area (TPSA) is 109 Å². The quantitative estimate of drug-likeness (QED) is 0.455. The molecule has 1 N–H and O–H groups in total. The number of hydrogen-bond donors (Lipinski definition) is 1. The molecule has 3 aromatic heterocycles. The molecular weight excluding hydrogens is 445 g/mol. The molecule has 1 aliphatic rings. The molecule has 4 heterocycles. The van der Waals surface area contributed by atoms with Crippen molar-refractivity contribution in [1.82, 2.24) is 19.6 Å². The van der Waals surface area contributed by atoms with Crippen LogP contribution >= 0.6 is 11.8 Å². The Hall–Kier alpha value is -3.86. The van der Waals surface area contributed by atoms with Crippen molar-refractivity contribution in [1.29, 1.82) is 5.41 Å². The van der Waals surface area contributed by atoms with Gasteiger partial charge in [-0.3, -0.25) is 19.2 Å². The fraction of sp³-hybridized carbons (Fsp3) is 0.182. The molecular formula is C22H18FN7O2S. The third kappa shape index (κ3) is 3.59. The van der Waals surface area contributed by atoms with E-state index < -0.39 is 11.7 Å². The fourth-order valence-electron chi connectivity index (χ4n) is 3.65. The molecule has 1 aromatic carbocycles. The van der Waals surface area contributed by atoms with Crippen molar-refractivity contribution in [2.75, 3.05) is 25.6 Å². The second-order valence-electron chi connectivity index (χ2n) is 7.39. The fourth-order valence-corrected chi connectivity index (χ4v) is 4.50. The van der Waals surface area contributed by atoms with E-state index in [4.69, 9.17) is 10.1 Å². The summed E-state index contributed by atoms with van der Waals surface area (Å²) in [6.07, 6.45) is 6.11. The summed E-state index contributed by atoms with van der Waals surface area (Å²) in [5.74, 6) is -0.528. The van der Waals surface area contributed by atoms with Crippen molar-refractivity contribution in [3.8, 4) is 5.75 Å². The van der Waals surface area contributed by atoms with Gasteiger partial charge in [-0.05, 0) is 41.6 Å². The van der Waals surface area contributed by atoms with Crippen LogP contribution in [0, 0.1) is 11.2 Å². The predicted molar refractivity (Wildman–Crippen MR) is 124 cm³/mol. The lowest BCUT2D eigenvalue weighted by Crippen LogP contribution is -2.35. The number of pyridine rings is 2. The molecule has 11 heteroatoms. The van der Waals surface area contributed by atoms with Gasteiger partial charge in [-0.2, -0.15) is 0 Å². The van der Waals surface area contributed by atoms with Crippen LogP contribution < -0.4 is 9.64 Å². The van der Waals surface area contributed by atoms with Gasteiger partial charge in [0.1, 0.15) is 5.69 Å². The number of nitrogens with zero attached hydrogens (tertiary/aromatic N) is 6. The van der Waals surface area contributed by atoms with Gasteiger partial charge in [-0.25, -0.2) is 4.39 Å². The van der Waals surface area contributed by atoms with Gasteiger partial charge in [0.25, 0.3) is 5.91 Å². The average molecular weight is 463 g/mol. The number of fused-ring (bicyclic) bond motifs is 4. The van der Waals surface area contributed by atoms with E-state index in [2.05, 4.69) is 20.2 Å².